The quantitative estimate of drug-likeness (QED) is 0.807. The molecule has 0 amide bonds. The molecule has 1 aliphatic carbocycles. The zero-order chi connectivity index (χ0) is 10.7. The maximum absolute atomic E-state index is 9.98. The van der Waals surface area contributed by atoms with Gasteiger partial charge in [0.1, 0.15) is 0 Å². The minimum atomic E-state index is -0.305. The van der Waals surface area contributed by atoms with Gasteiger partial charge in [0.05, 0.1) is 12.3 Å². The van der Waals surface area contributed by atoms with E-state index < -0.39 is 0 Å². The van der Waals surface area contributed by atoms with Crippen molar-refractivity contribution < 1.29 is 5.11 Å². The van der Waals surface area contributed by atoms with E-state index in [4.69, 9.17) is 0 Å². The van der Waals surface area contributed by atoms with Crippen LogP contribution in [0.3, 0.4) is 0 Å². The normalized spacial score (nSPS) is 18.8. The molecule has 1 heterocycles. The Morgan fingerprint density at radius 3 is 3.00 bits per heavy atom. The van der Waals surface area contributed by atoms with Crippen LogP contribution in [0.1, 0.15) is 50.7 Å². The van der Waals surface area contributed by atoms with Crippen LogP contribution in [0.15, 0.2) is 12.4 Å². The minimum Gasteiger partial charge on any atom is -0.388 e. The summed E-state index contributed by atoms with van der Waals surface area (Å²) in [6, 6.07) is 0. The fourth-order valence-corrected chi connectivity index (χ4v) is 2.08. The molecule has 1 aromatic heterocycles. The van der Waals surface area contributed by atoms with Crippen molar-refractivity contribution in [3.8, 4) is 0 Å². The van der Waals surface area contributed by atoms with Gasteiger partial charge in [-0.15, -0.1) is 0 Å². The molecule has 0 saturated heterocycles. The summed E-state index contributed by atoms with van der Waals surface area (Å²) >= 11 is 0. The molecular weight excluding hydrogens is 188 g/mol. The van der Waals surface area contributed by atoms with Crippen LogP contribution < -0.4 is 0 Å². The van der Waals surface area contributed by atoms with Gasteiger partial charge in [-0.1, -0.05) is 26.2 Å². The second kappa shape index (κ2) is 4.79. The fourth-order valence-electron chi connectivity index (χ4n) is 2.08. The van der Waals surface area contributed by atoms with Crippen molar-refractivity contribution in [3.05, 3.63) is 18.0 Å². The van der Waals surface area contributed by atoms with Gasteiger partial charge in [-0.3, -0.25) is 4.68 Å². The van der Waals surface area contributed by atoms with Crippen molar-refractivity contribution in [3.63, 3.8) is 0 Å². The molecule has 2 rings (SSSR count). The summed E-state index contributed by atoms with van der Waals surface area (Å²) in [5.74, 6) is 0.745. The Morgan fingerprint density at radius 1 is 1.60 bits per heavy atom. The Bertz CT molecular complexity index is 304. The Morgan fingerprint density at radius 2 is 2.40 bits per heavy atom. The number of rotatable bonds is 5. The molecule has 0 radical (unpaired) electrons. The molecule has 1 fully saturated rings. The molecular formula is C12H20N2O. The maximum Gasteiger partial charge on any atom is 0.0823 e. The highest BCUT2D eigenvalue weighted by Gasteiger charge is 2.22. The van der Waals surface area contributed by atoms with E-state index in [0.717, 1.165) is 30.9 Å². The van der Waals surface area contributed by atoms with Crippen molar-refractivity contribution in [2.45, 2.75) is 51.7 Å². The first kappa shape index (κ1) is 10.7. The van der Waals surface area contributed by atoms with Gasteiger partial charge in [0.2, 0.25) is 0 Å². The molecule has 0 bridgehead atoms. The molecule has 15 heavy (non-hydrogen) atoms. The van der Waals surface area contributed by atoms with Gasteiger partial charge < -0.3 is 5.11 Å². The average Bonchev–Trinajstić information content (AvgIpc) is 2.60. The van der Waals surface area contributed by atoms with Crippen LogP contribution in [0.4, 0.5) is 0 Å². The topological polar surface area (TPSA) is 38.0 Å². The number of aliphatic hydroxyl groups excluding tert-OH is 1. The highest BCUT2D eigenvalue weighted by Crippen LogP contribution is 2.34. The average molecular weight is 208 g/mol. The minimum absolute atomic E-state index is 0.305. The fraction of sp³-hybridized carbons (Fsp3) is 0.750. The van der Waals surface area contributed by atoms with E-state index in [2.05, 4.69) is 12.0 Å². The molecule has 84 valence electrons. The van der Waals surface area contributed by atoms with E-state index in [1.54, 1.807) is 6.20 Å². The van der Waals surface area contributed by atoms with Gasteiger partial charge in [0, 0.05) is 18.3 Å². The highest BCUT2D eigenvalue weighted by atomic mass is 16.3. The lowest BCUT2D eigenvalue weighted by Crippen LogP contribution is -2.14. The van der Waals surface area contributed by atoms with Gasteiger partial charge >= 0.3 is 0 Å². The molecule has 1 aliphatic rings. The predicted molar refractivity (Wildman–Crippen MR) is 59.4 cm³/mol. The third-order valence-corrected chi connectivity index (χ3v) is 3.27. The molecule has 1 N–H and O–H groups in total. The molecule has 0 spiro atoms. The van der Waals surface area contributed by atoms with E-state index >= 15 is 0 Å². The third kappa shape index (κ3) is 2.59. The summed E-state index contributed by atoms with van der Waals surface area (Å²) in [6.45, 7) is 3.07. The van der Waals surface area contributed by atoms with Gasteiger partial charge in [0.25, 0.3) is 0 Å². The van der Waals surface area contributed by atoms with E-state index in [0.29, 0.717) is 0 Å². The number of hydrogen-bond acceptors (Lipinski definition) is 2. The first-order valence-corrected chi connectivity index (χ1v) is 6.00. The lowest BCUT2D eigenvalue weighted by atomic mass is 9.81. The van der Waals surface area contributed by atoms with Crippen LogP contribution in [0, 0.1) is 5.92 Å². The van der Waals surface area contributed by atoms with E-state index in [-0.39, 0.29) is 6.10 Å². The summed E-state index contributed by atoms with van der Waals surface area (Å²) in [5.41, 5.74) is 0.982. The van der Waals surface area contributed by atoms with Crippen molar-refractivity contribution in [2.24, 2.45) is 5.92 Å². The molecule has 0 aromatic carbocycles. The zero-order valence-corrected chi connectivity index (χ0v) is 9.39. The van der Waals surface area contributed by atoms with Crippen LogP contribution in [-0.2, 0) is 6.54 Å². The number of aryl methyl sites for hydroxylation is 1. The Balaban J connectivity index is 1.89. The van der Waals surface area contributed by atoms with E-state index in [9.17, 15) is 5.11 Å². The highest BCUT2D eigenvalue weighted by molar-refractivity contribution is 5.08. The molecule has 1 atom stereocenters. The standard InChI is InChI=1S/C12H20N2O/c1-2-6-14-9-11(8-13-14)12(15)7-10-4-3-5-10/h8-10,12,15H,2-7H2,1H3. The summed E-state index contributed by atoms with van der Waals surface area (Å²) in [4.78, 5) is 0. The van der Waals surface area contributed by atoms with Crippen molar-refractivity contribution in [1.82, 2.24) is 9.78 Å². The van der Waals surface area contributed by atoms with Crippen LogP contribution >= 0.6 is 0 Å². The molecule has 3 heteroatoms. The van der Waals surface area contributed by atoms with Gasteiger partial charge in [0.15, 0.2) is 0 Å². The van der Waals surface area contributed by atoms with Crippen molar-refractivity contribution in [1.29, 1.82) is 0 Å². The van der Waals surface area contributed by atoms with Crippen LogP contribution in [-0.4, -0.2) is 14.9 Å². The smallest absolute Gasteiger partial charge is 0.0823 e. The number of aliphatic hydroxyl groups is 1. The number of nitrogens with zero attached hydrogens (tertiary/aromatic N) is 2. The maximum atomic E-state index is 9.98. The predicted octanol–water partition coefficient (Wildman–Crippen LogP) is 2.52. The monoisotopic (exact) mass is 208 g/mol. The van der Waals surface area contributed by atoms with Crippen molar-refractivity contribution in [2.75, 3.05) is 0 Å². The Hall–Kier alpha value is -0.830. The van der Waals surface area contributed by atoms with Gasteiger partial charge in [-0.2, -0.15) is 5.10 Å². The third-order valence-electron chi connectivity index (χ3n) is 3.27. The zero-order valence-electron chi connectivity index (χ0n) is 9.39. The van der Waals surface area contributed by atoms with Gasteiger partial charge in [-0.05, 0) is 18.8 Å². The lowest BCUT2D eigenvalue weighted by Gasteiger charge is -2.27. The van der Waals surface area contributed by atoms with Crippen molar-refractivity contribution >= 4 is 0 Å². The van der Waals surface area contributed by atoms with Crippen LogP contribution in [0.2, 0.25) is 0 Å². The first-order valence-electron chi connectivity index (χ1n) is 6.00. The number of aromatic nitrogens is 2. The number of hydrogen-bond donors (Lipinski definition) is 1. The lowest BCUT2D eigenvalue weighted by molar-refractivity contribution is 0.118. The second-order valence-corrected chi connectivity index (χ2v) is 4.59. The molecule has 0 aliphatic heterocycles. The second-order valence-electron chi connectivity index (χ2n) is 4.59. The summed E-state index contributed by atoms with van der Waals surface area (Å²) in [5, 5.41) is 14.2. The Kier molecular flexibility index (Phi) is 3.41. The SMILES string of the molecule is CCCn1cc(C(O)CC2CCC2)cn1. The van der Waals surface area contributed by atoms with Gasteiger partial charge in [-0.25, -0.2) is 0 Å². The van der Waals surface area contributed by atoms with Crippen LogP contribution in [0.5, 0.6) is 0 Å². The summed E-state index contributed by atoms with van der Waals surface area (Å²) in [6.07, 6.45) is 9.40. The molecule has 3 nitrogen and oxygen atoms in total. The molecule has 1 unspecified atom stereocenters. The summed E-state index contributed by atoms with van der Waals surface area (Å²) < 4.78 is 1.92. The largest absolute Gasteiger partial charge is 0.388 e. The summed E-state index contributed by atoms with van der Waals surface area (Å²) in [7, 11) is 0. The van der Waals surface area contributed by atoms with E-state index in [1.165, 1.54) is 19.3 Å². The first-order chi connectivity index (χ1) is 7.29. The Labute approximate surface area is 91.1 Å². The molecule has 1 saturated carbocycles. The van der Waals surface area contributed by atoms with E-state index in [1.807, 2.05) is 10.9 Å². The van der Waals surface area contributed by atoms with Crippen LogP contribution in [0.25, 0.3) is 0 Å². The molecule has 1 aromatic rings.